The van der Waals surface area contributed by atoms with Crippen LogP contribution in [0.3, 0.4) is 0 Å². The Kier molecular flexibility index (Phi) is 4.67. The lowest BCUT2D eigenvalue weighted by atomic mass is 9.95. The summed E-state index contributed by atoms with van der Waals surface area (Å²) in [4.78, 5) is 0. The zero-order valence-corrected chi connectivity index (χ0v) is 13.1. The molecule has 5 nitrogen and oxygen atoms in total. The molecule has 1 unspecified atom stereocenters. The van der Waals surface area contributed by atoms with E-state index >= 15 is 0 Å². The number of benzene rings is 1. The van der Waals surface area contributed by atoms with Crippen molar-refractivity contribution in [3.05, 3.63) is 35.4 Å². The molecule has 1 aromatic carbocycles. The molecule has 114 valence electrons. The summed E-state index contributed by atoms with van der Waals surface area (Å²) in [7, 11) is -3.39. The van der Waals surface area contributed by atoms with Gasteiger partial charge >= 0.3 is 0 Å². The monoisotopic (exact) mass is 308 g/mol. The summed E-state index contributed by atoms with van der Waals surface area (Å²) in [6.45, 7) is 4.50. The van der Waals surface area contributed by atoms with Crippen LogP contribution in [0.5, 0.6) is 0 Å². The van der Waals surface area contributed by atoms with Crippen molar-refractivity contribution in [2.45, 2.75) is 44.1 Å². The highest BCUT2D eigenvalue weighted by atomic mass is 32.2. The van der Waals surface area contributed by atoms with Crippen molar-refractivity contribution in [2.75, 3.05) is 6.61 Å². The molecule has 21 heavy (non-hydrogen) atoms. The standard InChI is InChI=1S/C15H20N2O3S/c1-15(2)9-14(7-8-20-15)17-21(18,19)11-13-5-3-12(10-16)4-6-13/h3-6,14,17H,7-9,11H2,1-2H3. The van der Waals surface area contributed by atoms with Crippen LogP contribution in [0.1, 0.15) is 37.8 Å². The van der Waals surface area contributed by atoms with Crippen molar-refractivity contribution in [3.63, 3.8) is 0 Å². The SMILES string of the molecule is CC1(C)CC(NS(=O)(=O)Cc2ccc(C#N)cc2)CCO1. The Labute approximate surface area is 126 Å². The van der Waals surface area contributed by atoms with Crippen molar-refractivity contribution >= 4 is 10.0 Å². The molecule has 1 aliphatic rings. The van der Waals surface area contributed by atoms with E-state index in [1.165, 1.54) is 0 Å². The molecule has 1 aromatic rings. The fourth-order valence-corrected chi connectivity index (χ4v) is 3.95. The number of nitrogens with zero attached hydrogens (tertiary/aromatic N) is 1. The Morgan fingerprint density at radius 1 is 1.38 bits per heavy atom. The quantitative estimate of drug-likeness (QED) is 0.922. The summed E-state index contributed by atoms with van der Waals surface area (Å²) >= 11 is 0. The Morgan fingerprint density at radius 2 is 2.05 bits per heavy atom. The normalized spacial score (nSPS) is 21.7. The van der Waals surface area contributed by atoms with E-state index < -0.39 is 10.0 Å². The van der Waals surface area contributed by atoms with Crippen LogP contribution in [0.15, 0.2) is 24.3 Å². The third-order valence-corrected chi connectivity index (χ3v) is 4.89. The van der Waals surface area contributed by atoms with Gasteiger partial charge in [-0.3, -0.25) is 0 Å². The first-order valence-corrected chi connectivity index (χ1v) is 8.58. The summed E-state index contributed by atoms with van der Waals surface area (Å²) < 4.78 is 32.8. The molecule has 0 aromatic heterocycles. The highest BCUT2D eigenvalue weighted by Gasteiger charge is 2.31. The Bertz CT molecular complexity index is 630. The lowest BCUT2D eigenvalue weighted by Gasteiger charge is -2.35. The molecule has 6 heteroatoms. The smallest absolute Gasteiger partial charge is 0.216 e. The molecule has 0 spiro atoms. The van der Waals surface area contributed by atoms with Gasteiger partial charge in [-0.2, -0.15) is 5.26 Å². The van der Waals surface area contributed by atoms with E-state index in [0.717, 1.165) is 0 Å². The van der Waals surface area contributed by atoms with Gasteiger partial charge in [0.15, 0.2) is 0 Å². The fraction of sp³-hybridized carbons (Fsp3) is 0.533. The number of sulfonamides is 1. The van der Waals surface area contributed by atoms with Gasteiger partial charge in [-0.15, -0.1) is 0 Å². The molecule has 1 saturated heterocycles. The number of hydrogen-bond acceptors (Lipinski definition) is 4. The molecule has 1 N–H and O–H groups in total. The van der Waals surface area contributed by atoms with Crippen LogP contribution in [0.25, 0.3) is 0 Å². The molecular weight excluding hydrogens is 288 g/mol. The van der Waals surface area contributed by atoms with E-state index in [1.54, 1.807) is 24.3 Å². The molecule has 1 aliphatic heterocycles. The Morgan fingerprint density at radius 3 is 2.62 bits per heavy atom. The second kappa shape index (κ2) is 6.14. The maximum atomic E-state index is 12.2. The van der Waals surface area contributed by atoms with E-state index in [9.17, 15) is 8.42 Å². The zero-order chi connectivity index (χ0) is 15.5. The van der Waals surface area contributed by atoms with Gasteiger partial charge in [0.05, 0.1) is 23.0 Å². The second-order valence-corrected chi connectivity index (χ2v) is 7.74. The minimum absolute atomic E-state index is 0.0729. The molecule has 0 radical (unpaired) electrons. The average molecular weight is 308 g/mol. The number of rotatable bonds is 4. The Hall–Kier alpha value is -1.42. The van der Waals surface area contributed by atoms with Crippen LogP contribution < -0.4 is 4.72 Å². The summed E-state index contributed by atoms with van der Waals surface area (Å²) in [5.41, 5.74) is 0.906. The Balaban J connectivity index is 2.00. The molecule has 1 atom stereocenters. The van der Waals surface area contributed by atoms with Crippen molar-refractivity contribution in [3.8, 4) is 6.07 Å². The van der Waals surface area contributed by atoms with Gasteiger partial charge in [-0.25, -0.2) is 13.1 Å². The second-order valence-electron chi connectivity index (χ2n) is 5.98. The van der Waals surface area contributed by atoms with Gasteiger partial charge in [-0.1, -0.05) is 12.1 Å². The first-order valence-electron chi connectivity index (χ1n) is 6.93. The van der Waals surface area contributed by atoms with Gasteiger partial charge in [0.1, 0.15) is 0 Å². The number of nitrogens with one attached hydrogen (secondary N) is 1. The fourth-order valence-electron chi connectivity index (χ4n) is 2.52. The highest BCUT2D eigenvalue weighted by Crippen LogP contribution is 2.24. The molecule has 0 aliphatic carbocycles. The third-order valence-electron chi connectivity index (χ3n) is 3.48. The molecule has 0 bridgehead atoms. The molecule has 1 heterocycles. The summed E-state index contributed by atoms with van der Waals surface area (Å²) in [5.74, 6) is -0.0729. The summed E-state index contributed by atoms with van der Waals surface area (Å²) in [5, 5.41) is 8.73. The van der Waals surface area contributed by atoms with E-state index in [1.807, 2.05) is 19.9 Å². The predicted octanol–water partition coefficient (Wildman–Crippen LogP) is 1.94. The summed E-state index contributed by atoms with van der Waals surface area (Å²) in [6.07, 6.45) is 1.36. The topological polar surface area (TPSA) is 79.2 Å². The van der Waals surface area contributed by atoms with Crippen molar-refractivity contribution < 1.29 is 13.2 Å². The van der Waals surface area contributed by atoms with Crippen LogP contribution in [-0.4, -0.2) is 26.7 Å². The minimum atomic E-state index is -3.39. The van der Waals surface area contributed by atoms with Crippen molar-refractivity contribution in [1.29, 1.82) is 5.26 Å². The van der Waals surface area contributed by atoms with Gasteiger partial charge in [0.2, 0.25) is 10.0 Å². The number of hydrogen-bond donors (Lipinski definition) is 1. The maximum Gasteiger partial charge on any atom is 0.216 e. The summed E-state index contributed by atoms with van der Waals surface area (Å²) in [6, 6.07) is 8.53. The van der Waals surface area contributed by atoms with Crippen LogP contribution >= 0.6 is 0 Å². The lowest BCUT2D eigenvalue weighted by Crippen LogP contribution is -2.46. The van der Waals surface area contributed by atoms with Crippen molar-refractivity contribution in [1.82, 2.24) is 4.72 Å². The highest BCUT2D eigenvalue weighted by molar-refractivity contribution is 7.88. The lowest BCUT2D eigenvalue weighted by molar-refractivity contribution is -0.0599. The molecule has 0 amide bonds. The van der Waals surface area contributed by atoms with Crippen LogP contribution in [-0.2, 0) is 20.5 Å². The van der Waals surface area contributed by atoms with Gasteiger partial charge in [0, 0.05) is 12.6 Å². The zero-order valence-electron chi connectivity index (χ0n) is 12.3. The maximum absolute atomic E-state index is 12.2. The van der Waals surface area contributed by atoms with E-state index in [-0.39, 0.29) is 17.4 Å². The van der Waals surface area contributed by atoms with E-state index in [2.05, 4.69) is 4.72 Å². The van der Waals surface area contributed by atoms with Crippen LogP contribution in [0.4, 0.5) is 0 Å². The molecule has 1 fully saturated rings. The van der Waals surface area contributed by atoms with Crippen LogP contribution in [0, 0.1) is 11.3 Å². The average Bonchev–Trinajstić information content (AvgIpc) is 2.37. The van der Waals surface area contributed by atoms with Gasteiger partial charge in [-0.05, 0) is 44.4 Å². The van der Waals surface area contributed by atoms with E-state index in [0.29, 0.717) is 30.6 Å². The molecule has 2 rings (SSSR count). The first-order chi connectivity index (χ1) is 9.80. The predicted molar refractivity (Wildman–Crippen MR) is 80.0 cm³/mol. The minimum Gasteiger partial charge on any atom is -0.375 e. The van der Waals surface area contributed by atoms with Gasteiger partial charge < -0.3 is 4.74 Å². The third kappa shape index (κ3) is 4.81. The van der Waals surface area contributed by atoms with E-state index in [4.69, 9.17) is 10.00 Å². The van der Waals surface area contributed by atoms with Gasteiger partial charge in [0.25, 0.3) is 0 Å². The number of ether oxygens (including phenoxy) is 1. The largest absolute Gasteiger partial charge is 0.375 e. The molecule has 0 saturated carbocycles. The molecular formula is C15H20N2O3S. The first kappa shape index (κ1) is 16.0. The van der Waals surface area contributed by atoms with Crippen LogP contribution in [0.2, 0.25) is 0 Å². The number of nitriles is 1. The van der Waals surface area contributed by atoms with Crippen molar-refractivity contribution in [2.24, 2.45) is 0 Å².